The number of amides is 1. The summed E-state index contributed by atoms with van der Waals surface area (Å²) in [7, 11) is 0. The van der Waals surface area contributed by atoms with E-state index in [-0.39, 0.29) is 11.8 Å². The van der Waals surface area contributed by atoms with Gasteiger partial charge in [-0.15, -0.1) is 16.4 Å². The summed E-state index contributed by atoms with van der Waals surface area (Å²) in [5.74, 6) is 1.16. The Morgan fingerprint density at radius 3 is 2.68 bits per heavy atom. The van der Waals surface area contributed by atoms with Gasteiger partial charge < -0.3 is 14.2 Å². The van der Waals surface area contributed by atoms with Crippen LogP contribution in [0.2, 0.25) is 0 Å². The van der Waals surface area contributed by atoms with Gasteiger partial charge in [0.25, 0.3) is 0 Å². The molecule has 3 rings (SSSR count). The van der Waals surface area contributed by atoms with Crippen LogP contribution in [0.25, 0.3) is 0 Å². The maximum atomic E-state index is 12.4. The average Bonchev–Trinajstić information content (AvgIpc) is 3.30. The van der Waals surface area contributed by atoms with Crippen molar-refractivity contribution in [2.75, 3.05) is 31.1 Å². The van der Waals surface area contributed by atoms with Gasteiger partial charge in [-0.25, -0.2) is 0 Å². The largest absolute Gasteiger partial charge is 0.408 e. The normalized spacial score (nSPS) is 15.2. The summed E-state index contributed by atoms with van der Waals surface area (Å²) in [6, 6.07) is 4.82. The predicted octanol–water partition coefficient (Wildman–Crippen LogP) is 3.32. The first-order valence-electron chi connectivity index (χ1n) is 9.02. The zero-order valence-corrected chi connectivity index (χ0v) is 15.8. The van der Waals surface area contributed by atoms with Crippen molar-refractivity contribution in [1.82, 2.24) is 15.1 Å². The van der Waals surface area contributed by atoms with Gasteiger partial charge in [0.2, 0.25) is 11.8 Å². The Balaban J connectivity index is 1.38. The average molecular weight is 362 g/mol. The maximum Gasteiger partial charge on any atom is 0.318 e. The fraction of sp³-hybridized carbons (Fsp3) is 0.611. The lowest BCUT2D eigenvalue weighted by Gasteiger charge is -2.33. The summed E-state index contributed by atoms with van der Waals surface area (Å²) in [5.41, 5.74) is 0. The number of hydrogen-bond acceptors (Lipinski definition) is 6. The molecule has 136 valence electrons. The van der Waals surface area contributed by atoms with Crippen molar-refractivity contribution in [3.05, 3.63) is 28.3 Å². The second-order valence-electron chi connectivity index (χ2n) is 6.73. The van der Waals surface area contributed by atoms with Crippen LogP contribution in [0.4, 0.5) is 6.01 Å². The van der Waals surface area contributed by atoms with Crippen LogP contribution in [0.5, 0.6) is 0 Å². The van der Waals surface area contributed by atoms with Crippen molar-refractivity contribution in [2.24, 2.45) is 0 Å². The number of carbonyl (C=O) groups is 1. The molecule has 1 amide bonds. The first-order chi connectivity index (χ1) is 12.1. The molecular weight excluding hydrogens is 336 g/mol. The number of aromatic nitrogens is 2. The van der Waals surface area contributed by atoms with Crippen LogP contribution >= 0.6 is 11.3 Å². The van der Waals surface area contributed by atoms with Crippen LogP contribution in [0.1, 0.15) is 49.8 Å². The zero-order chi connectivity index (χ0) is 17.6. The summed E-state index contributed by atoms with van der Waals surface area (Å²) in [6.45, 7) is 7.02. The molecule has 0 bridgehead atoms. The van der Waals surface area contributed by atoms with Crippen molar-refractivity contribution >= 4 is 23.3 Å². The summed E-state index contributed by atoms with van der Waals surface area (Å²) in [4.78, 5) is 17.8. The van der Waals surface area contributed by atoms with Crippen molar-refractivity contribution in [1.29, 1.82) is 0 Å². The van der Waals surface area contributed by atoms with Gasteiger partial charge in [0.15, 0.2) is 0 Å². The van der Waals surface area contributed by atoms with Crippen molar-refractivity contribution < 1.29 is 9.21 Å². The highest BCUT2D eigenvalue weighted by Gasteiger charge is 2.24. The Bertz CT molecular complexity index is 660. The van der Waals surface area contributed by atoms with Crippen LogP contribution in [-0.4, -0.2) is 47.2 Å². The number of anilines is 1. The standard InChI is InChI=1S/C18H26N4O2S/c1-14(2)17-19-20-18(24-17)22-11-9-21(10-12-22)16(23)8-4-3-6-15-7-5-13-25-15/h5,7,13-14H,3-4,6,8-12H2,1-2H3. The summed E-state index contributed by atoms with van der Waals surface area (Å²) in [6.07, 6.45) is 3.75. The number of thiophene rings is 1. The van der Waals surface area contributed by atoms with E-state index < -0.39 is 0 Å². The van der Waals surface area contributed by atoms with Crippen molar-refractivity contribution in [3.8, 4) is 0 Å². The predicted molar refractivity (Wildman–Crippen MR) is 99.1 cm³/mol. The first kappa shape index (κ1) is 17.9. The lowest BCUT2D eigenvalue weighted by molar-refractivity contribution is -0.131. The van der Waals surface area contributed by atoms with E-state index in [4.69, 9.17) is 4.42 Å². The molecule has 0 aromatic carbocycles. The third kappa shape index (κ3) is 4.81. The molecule has 6 nitrogen and oxygen atoms in total. The van der Waals surface area contributed by atoms with E-state index in [1.807, 2.05) is 18.7 Å². The molecule has 2 aromatic heterocycles. The lowest BCUT2D eigenvalue weighted by atomic mass is 10.1. The third-order valence-corrected chi connectivity index (χ3v) is 5.41. The minimum absolute atomic E-state index is 0.235. The molecule has 1 aliphatic heterocycles. The number of hydrogen-bond donors (Lipinski definition) is 0. The van der Waals surface area contributed by atoms with E-state index in [1.54, 1.807) is 11.3 Å². The van der Waals surface area contributed by atoms with Gasteiger partial charge in [-0.1, -0.05) is 25.0 Å². The molecule has 7 heteroatoms. The Morgan fingerprint density at radius 2 is 2.04 bits per heavy atom. The van der Waals surface area contributed by atoms with Gasteiger partial charge in [-0.05, 0) is 30.7 Å². The number of unbranched alkanes of at least 4 members (excludes halogenated alkanes) is 1. The number of piperazine rings is 1. The molecule has 0 unspecified atom stereocenters. The molecular formula is C18H26N4O2S. The van der Waals surface area contributed by atoms with Gasteiger partial charge in [0.1, 0.15) is 0 Å². The minimum Gasteiger partial charge on any atom is -0.408 e. The van der Waals surface area contributed by atoms with E-state index in [0.717, 1.165) is 45.4 Å². The van der Waals surface area contributed by atoms with E-state index in [0.29, 0.717) is 18.3 Å². The lowest BCUT2D eigenvalue weighted by Crippen LogP contribution is -2.48. The molecule has 1 saturated heterocycles. The number of aryl methyl sites for hydroxylation is 1. The van der Waals surface area contributed by atoms with Gasteiger partial charge in [0, 0.05) is 43.4 Å². The van der Waals surface area contributed by atoms with Crippen LogP contribution in [0.15, 0.2) is 21.9 Å². The smallest absolute Gasteiger partial charge is 0.318 e. The van der Waals surface area contributed by atoms with Crippen LogP contribution in [-0.2, 0) is 11.2 Å². The van der Waals surface area contributed by atoms with E-state index in [2.05, 4.69) is 32.6 Å². The number of rotatable bonds is 7. The SMILES string of the molecule is CC(C)c1nnc(N2CCN(C(=O)CCCCc3cccs3)CC2)o1. The molecule has 1 aliphatic rings. The van der Waals surface area contributed by atoms with Crippen LogP contribution < -0.4 is 4.90 Å². The summed E-state index contributed by atoms with van der Waals surface area (Å²) >= 11 is 1.79. The van der Waals surface area contributed by atoms with Crippen molar-refractivity contribution in [3.63, 3.8) is 0 Å². The molecule has 0 spiro atoms. The highest BCUT2D eigenvalue weighted by atomic mass is 32.1. The quantitative estimate of drug-likeness (QED) is 0.707. The molecule has 1 fully saturated rings. The highest BCUT2D eigenvalue weighted by Crippen LogP contribution is 2.20. The van der Waals surface area contributed by atoms with Gasteiger partial charge in [-0.3, -0.25) is 4.79 Å². The second kappa shape index (κ2) is 8.47. The fourth-order valence-corrected chi connectivity index (χ4v) is 3.67. The highest BCUT2D eigenvalue weighted by molar-refractivity contribution is 7.09. The topological polar surface area (TPSA) is 62.5 Å². The second-order valence-corrected chi connectivity index (χ2v) is 7.76. The van der Waals surface area contributed by atoms with Gasteiger partial charge in [-0.2, -0.15) is 0 Å². The minimum atomic E-state index is 0.235. The molecule has 0 N–H and O–H groups in total. The third-order valence-electron chi connectivity index (χ3n) is 4.47. The zero-order valence-electron chi connectivity index (χ0n) is 15.0. The van der Waals surface area contributed by atoms with Crippen molar-refractivity contribution in [2.45, 2.75) is 45.4 Å². The van der Waals surface area contributed by atoms with Crippen LogP contribution in [0, 0.1) is 0 Å². The maximum absolute atomic E-state index is 12.4. The molecule has 2 aromatic rings. The molecule has 3 heterocycles. The summed E-state index contributed by atoms with van der Waals surface area (Å²) in [5, 5.41) is 10.3. The van der Waals surface area contributed by atoms with E-state index in [1.165, 1.54) is 4.88 Å². The molecule has 0 saturated carbocycles. The fourth-order valence-electron chi connectivity index (χ4n) is 2.92. The van der Waals surface area contributed by atoms with Gasteiger partial charge >= 0.3 is 6.01 Å². The van der Waals surface area contributed by atoms with Crippen LogP contribution in [0.3, 0.4) is 0 Å². The number of nitrogens with zero attached hydrogens (tertiary/aromatic N) is 4. The Labute approximate surface area is 152 Å². The molecule has 0 aliphatic carbocycles. The molecule has 0 atom stereocenters. The molecule has 0 radical (unpaired) electrons. The Kier molecular flexibility index (Phi) is 6.07. The van der Waals surface area contributed by atoms with E-state index in [9.17, 15) is 4.79 Å². The Morgan fingerprint density at radius 1 is 1.24 bits per heavy atom. The van der Waals surface area contributed by atoms with Gasteiger partial charge in [0.05, 0.1) is 0 Å². The molecule has 25 heavy (non-hydrogen) atoms. The Hall–Kier alpha value is -1.89. The summed E-state index contributed by atoms with van der Waals surface area (Å²) < 4.78 is 5.70. The van der Waals surface area contributed by atoms with E-state index >= 15 is 0 Å². The monoisotopic (exact) mass is 362 g/mol. The number of carbonyl (C=O) groups excluding carboxylic acids is 1. The first-order valence-corrected chi connectivity index (χ1v) is 9.90.